The highest BCUT2D eigenvalue weighted by atomic mass is 19.4. The van der Waals surface area contributed by atoms with E-state index in [1.54, 1.807) is 0 Å². The predicted octanol–water partition coefficient (Wildman–Crippen LogP) is 8.14. The van der Waals surface area contributed by atoms with E-state index in [1.165, 1.54) is 18.6 Å². The van der Waals surface area contributed by atoms with E-state index in [1.807, 2.05) is 0 Å². The third-order valence-corrected chi connectivity index (χ3v) is 6.58. The maximum atomic E-state index is 14.8. The molecule has 196 valence electrons. The van der Waals surface area contributed by atoms with Gasteiger partial charge in [-0.3, -0.25) is 4.74 Å². The van der Waals surface area contributed by atoms with Crippen molar-refractivity contribution in [2.24, 2.45) is 11.8 Å². The highest BCUT2D eigenvalue weighted by Gasteiger charge is 2.63. The smallest absolute Gasteiger partial charge is 0.428 e. The van der Waals surface area contributed by atoms with Crippen molar-refractivity contribution in [1.29, 1.82) is 0 Å². The minimum atomic E-state index is -6.01. The second-order valence-electron chi connectivity index (χ2n) is 9.12. The molecule has 1 aromatic rings. The third-order valence-electron chi connectivity index (χ3n) is 6.58. The van der Waals surface area contributed by atoms with Crippen molar-refractivity contribution in [2.75, 3.05) is 6.61 Å². The van der Waals surface area contributed by atoms with E-state index in [9.17, 15) is 35.1 Å². The second kappa shape index (κ2) is 10.9. The second-order valence-corrected chi connectivity index (χ2v) is 9.12. The molecule has 1 saturated carbocycles. The molecule has 1 fully saturated rings. The SMILES string of the molecule is CCCC1CCC(COc2ccc(C3(OC(F)(F)C(F)C(F)(F)F)C(F)=CC=CC3F)cc2)CC1. The first-order chi connectivity index (χ1) is 16.4. The van der Waals surface area contributed by atoms with Crippen molar-refractivity contribution in [2.45, 2.75) is 75.7 Å². The normalized spacial score (nSPS) is 28.5. The van der Waals surface area contributed by atoms with Gasteiger partial charge in [0, 0.05) is 0 Å². The molecular weight excluding hydrogens is 484 g/mol. The van der Waals surface area contributed by atoms with Gasteiger partial charge in [-0.15, -0.1) is 0 Å². The fraction of sp³-hybridized carbons (Fsp3) is 0.600. The van der Waals surface area contributed by atoms with Gasteiger partial charge in [-0.2, -0.15) is 22.0 Å². The Hall–Kier alpha value is -2.10. The lowest BCUT2D eigenvalue weighted by Crippen LogP contribution is -2.52. The van der Waals surface area contributed by atoms with Gasteiger partial charge in [0.1, 0.15) is 11.6 Å². The number of alkyl halides is 7. The summed E-state index contributed by atoms with van der Waals surface area (Å²) in [4.78, 5) is 0. The topological polar surface area (TPSA) is 18.5 Å². The van der Waals surface area contributed by atoms with Crippen LogP contribution in [0.5, 0.6) is 5.75 Å². The Balaban J connectivity index is 1.76. The predicted molar refractivity (Wildman–Crippen MR) is 114 cm³/mol. The maximum absolute atomic E-state index is 14.8. The summed E-state index contributed by atoms with van der Waals surface area (Å²) in [7, 11) is 0. The molecule has 2 nitrogen and oxygen atoms in total. The first-order valence-corrected chi connectivity index (χ1v) is 11.6. The summed E-state index contributed by atoms with van der Waals surface area (Å²) in [5, 5.41) is 0. The largest absolute Gasteiger partial charge is 0.493 e. The van der Waals surface area contributed by atoms with Crippen molar-refractivity contribution >= 4 is 0 Å². The van der Waals surface area contributed by atoms with Crippen molar-refractivity contribution in [1.82, 2.24) is 0 Å². The Bertz CT molecular complexity index is 888. The maximum Gasteiger partial charge on any atom is 0.428 e. The van der Waals surface area contributed by atoms with Crippen LogP contribution in [0.1, 0.15) is 51.0 Å². The molecule has 0 heterocycles. The Morgan fingerprint density at radius 3 is 2.14 bits per heavy atom. The fourth-order valence-electron chi connectivity index (χ4n) is 4.65. The van der Waals surface area contributed by atoms with Crippen LogP contribution in [-0.4, -0.2) is 31.2 Å². The average Bonchev–Trinajstić information content (AvgIpc) is 2.80. The lowest BCUT2D eigenvalue weighted by molar-refractivity contribution is -0.370. The Labute approximate surface area is 199 Å². The van der Waals surface area contributed by atoms with Crippen LogP contribution in [0.25, 0.3) is 0 Å². The van der Waals surface area contributed by atoms with E-state index in [0.717, 1.165) is 50.3 Å². The Morgan fingerprint density at radius 2 is 1.60 bits per heavy atom. The van der Waals surface area contributed by atoms with E-state index in [-0.39, 0.29) is 5.75 Å². The van der Waals surface area contributed by atoms with Crippen LogP contribution in [0.3, 0.4) is 0 Å². The van der Waals surface area contributed by atoms with E-state index >= 15 is 0 Å². The van der Waals surface area contributed by atoms with Gasteiger partial charge < -0.3 is 4.74 Å². The number of ether oxygens (including phenoxy) is 2. The number of halogens is 8. The number of benzene rings is 1. The first-order valence-electron chi connectivity index (χ1n) is 11.6. The number of hydrogen-bond acceptors (Lipinski definition) is 2. The lowest BCUT2D eigenvalue weighted by Gasteiger charge is -2.39. The molecule has 3 unspecified atom stereocenters. The quantitative estimate of drug-likeness (QED) is 0.311. The molecule has 1 aromatic carbocycles. The van der Waals surface area contributed by atoms with Gasteiger partial charge in [-0.1, -0.05) is 50.8 Å². The van der Waals surface area contributed by atoms with Crippen LogP contribution in [0.4, 0.5) is 35.1 Å². The van der Waals surface area contributed by atoms with Crippen LogP contribution < -0.4 is 4.74 Å². The van der Waals surface area contributed by atoms with Crippen LogP contribution in [0.2, 0.25) is 0 Å². The molecule has 0 aromatic heterocycles. The molecule has 0 radical (unpaired) electrons. The number of hydrogen-bond donors (Lipinski definition) is 0. The van der Waals surface area contributed by atoms with E-state index < -0.39 is 41.6 Å². The minimum absolute atomic E-state index is 0.288. The van der Waals surface area contributed by atoms with Gasteiger partial charge in [0.05, 0.1) is 6.61 Å². The molecule has 0 amide bonds. The Kier molecular flexibility index (Phi) is 8.55. The molecule has 0 spiro atoms. The molecular formula is C25H28F8O2. The molecule has 35 heavy (non-hydrogen) atoms. The highest BCUT2D eigenvalue weighted by Crippen LogP contribution is 2.49. The van der Waals surface area contributed by atoms with Gasteiger partial charge in [-0.05, 0) is 54.5 Å². The van der Waals surface area contributed by atoms with Gasteiger partial charge in [0.15, 0.2) is 11.8 Å². The summed E-state index contributed by atoms with van der Waals surface area (Å²) in [6.07, 6.45) is -10.4. The van der Waals surface area contributed by atoms with Gasteiger partial charge >= 0.3 is 12.3 Å². The summed E-state index contributed by atoms with van der Waals surface area (Å²) in [6, 6.07) is 4.56. The average molecular weight is 512 g/mol. The summed E-state index contributed by atoms with van der Waals surface area (Å²) < 4.78 is 119. The van der Waals surface area contributed by atoms with Crippen LogP contribution >= 0.6 is 0 Å². The Morgan fingerprint density at radius 1 is 1.00 bits per heavy atom. The van der Waals surface area contributed by atoms with Gasteiger partial charge in [0.25, 0.3) is 6.17 Å². The third kappa shape index (κ3) is 6.19. The summed E-state index contributed by atoms with van der Waals surface area (Å²) >= 11 is 0. The van der Waals surface area contributed by atoms with Crippen LogP contribution in [0, 0.1) is 11.8 Å². The fourth-order valence-corrected chi connectivity index (χ4v) is 4.65. The molecule has 3 atom stereocenters. The minimum Gasteiger partial charge on any atom is -0.493 e. The van der Waals surface area contributed by atoms with Crippen LogP contribution in [0.15, 0.2) is 48.3 Å². The number of rotatable bonds is 9. The monoisotopic (exact) mass is 512 g/mol. The van der Waals surface area contributed by atoms with Crippen LogP contribution in [-0.2, 0) is 10.3 Å². The van der Waals surface area contributed by atoms with E-state index in [4.69, 9.17) is 4.74 Å². The van der Waals surface area contributed by atoms with Crippen molar-refractivity contribution in [3.63, 3.8) is 0 Å². The molecule has 0 aliphatic heterocycles. The molecule has 2 aliphatic rings. The zero-order chi connectivity index (χ0) is 25.9. The van der Waals surface area contributed by atoms with Crippen molar-refractivity contribution < 1.29 is 44.6 Å². The lowest BCUT2D eigenvalue weighted by atomic mass is 9.80. The molecule has 0 bridgehead atoms. The zero-order valence-corrected chi connectivity index (χ0v) is 19.1. The standard InChI is InChI=1S/C25H28F8O2/c1-2-4-16-7-9-17(10-8-16)15-34-19-13-11-18(12-14-19)23(20(26)5-3-6-21(23)27)35-25(32,33)22(28)24(29,30)31/h3,5-6,11-14,16-17,20,22H,2,4,7-10,15H2,1H3. The summed E-state index contributed by atoms with van der Waals surface area (Å²) in [5.74, 6) is -0.290. The molecule has 3 rings (SSSR count). The molecule has 0 saturated heterocycles. The molecule has 2 aliphatic carbocycles. The van der Waals surface area contributed by atoms with E-state index in [0.29, 0.717) is 30.6 Å². The zero-order valence-electron chi connectivity index (χ0n) is 19.1. The summed E-state index contributed by atoms with van der Waals surface area (Å²) in [5.41, 5.74) is -3.85. The first kappa shape index (κ1) is 27.5. The van der Waals surface area contributed by atoms with E-state index in [2.05, 4.69) is 11.7 Å². The summed E-state index contributed by atoms with van der Waals surface area (Å²) in [6.45, 7) is 2.55. The van der Waals surface area contributed by atoms with Gasteiger partial charge in [0.2, 0.25) is 0 Å². The molecule has 10 heteroatoms. The van der Waals surface area contributed by atoms with Crippen molar-refractivity contribution in [3.8, 4) is 5.75 Å². The number of allylic oxidation sites excluding steroid dienone is 2. The van der Waals surface area contributed by atoms with Gasteiger partial charge in [-0.25, -0.2) is 13.2 Å². The van der Waals surface area contributed by atoms with Crippen molar-refractivity contribution in [3.05, 3.63) is 53.9 Å². The highest BCUT2D eigenvalue weighted by molar-refractivity contribution is 5.41. The molecule has 0 N–H and O–H groups in total.